The van der Waals surface area contributed by atoms with E-state index in [4.69, 9.17) is 0 Å². The number of amidine groups is 1. The van der Waals surface area contributed by atoms with Crippen LogP contribution in [0.3, 0.4) is 0 Å². The molecule has 0 N–H and O–H groups in total. The van der Waals surface area contributed by atoms with Crippen LogP contribution in [-0.4, -0.2) is 33.6 Å². The predicted octanol–water partition coefficient (Wildman–Crippen LogP) is 5.01. The van der Waals surface area contributed by atoms with Crippen LogP contribution in [0.15, 0.2) is 40.2 Å². The standard InChI is InChI=1S/C20H22IN3OS/c1-5-22-20-23(6-2)19(25)18(26-20)11-15-10-13(3)24(14(15)4)17-9-7-8-16(21)12-17/h7-12H,5-6H2,1-4H3/b18-11+,22-20?. The summed E-state index contributed by atoms with van der Waals surface area (Å²) in [7, 11) is 0. The highest BCUT2D eigenvalue weighted by Gasteiger charge is 2.32. The third-order valence-electron chi connectivity index (χ3n) is 4.32. The molecule has 1 aromatic carbocycles. The van der Waals surface area contributed by atoms with E-state index in [9.17, 15) is 4.79 Å². The summed E-state index contributed by atoms with van der Waals surface area (Å²) < 4.78 is 3.44. The molecule has 136 valence electrons. The first kappa shape index (κ1) is 19.2. The van der Waals surface area contributed by atoms with Gasteiger partial charge in [-0.25, -0.2) is 0 Å². The highest BCUT2D eigenvalue weighted by Crippen LogP contribution is 2.34. The quantitative estimate of drug-likeness (QED) is 0.457. The molecule has 1 aliphatic heterocycles. The normalized spacial score (nSPS) is 17.7. The van der Waals surface area contributed by atoms with E-state index in [-0.39, 0.29) is 5.91 Å². The number of nitrogens with zero attached hydrogens (tertiary/aromatic N) is 3. The molecule has 1 amide bonds. The fourth-order valence-electron chi connectivity index (χ4n) is 3.13. The molecule has 1 aromatic heterocycles. The molecular weight excluding hydrogens is 457 g/mol. The number of hydrogen-bond acceptors (Lipinski definition) is 3. The Balaban J connectivity index is 2.02. The van der Waals surface area contributed by atoms with Crippen LogP contribution in [0.25, 0.3) is 11.8 Å². The number of thioether (sulfide) groups is 1. The van der Waals surface area contributed by atoms with E-state index in [0.29, 0.717) is 13.1 Å². The zero-order valence-electron chi connectivity index (χ0n) is 15.4. The van der Waals surface area contributed by atoms with Gasteiger partial charge in [0.2, 0.25) is 0 Å². The van der Waals surface area contributed by atoms with E-state index >= 15 is 0 Å². The maximum atomic E-state index is 12.7. The second-order valence-electron chi connectivity index (χ2n) is 6.06. The summed E-state index contributed by atoms with van der Waals surface area (Å²) in [6, 6.07) is 10.6. The monoisotopic (exact) mass is 479 g/mol. The second-order valence-corrected chi connectivity index (χ2v) is 8.31. The highest BCUT2D eigenvalue weighted by molar-refractivity contribution is 14.1. The van der Waals surface area contributed by atoms with Gasteiger partial charge in [-0.2, -0.15) is 0 Å². The highest BCUT2D eigenvalue weighted by atomic mass is 127. The van der Waals surface area contributed by atoms with Gasteiger partial charge >= 0.3 is 0 Å². The van der Waals surface area contributed by atoms with E-state index in [0.717, 1.165) is 32.7 Å². The SMILES string of the molecule is CCN=C1S/C(=C/c2cc(C)n(-c3cccc(I)c3)c2C)C(=O)N1CC. The first-order valence-corrected chi connectivity index (χ1v) is 10.6. The van der Waals surface area contributed by atoms with Crippen LogP contribution in [-0.2, 0) is 4.79 Å². The average Bonchev–Trinajstić information content (AvgIpc) is 3.04. The van der Waals surface area contributed by atoms with Crippen LogP contribution in [0.4, 0.5) is 0 Å². The number of likely N-dealkylation sites (N-methyl/N-ethyl adjacent to an activating group) is 1. The molecule has 1 fully saturated rings. The molecule has 1 saturated heterocycles. The fraction of sp³-hybridized carbons (Fsp3) is 0.300. The molecule has 1 aliphatic rings. The fourth-order valence-corrected chi connectivity index (χ4v) is 4.75. The van der Waals surface area contributed by atoms with Crippen molar-refractivity contribution in [2.45, 2.75) is 27.7 Å². The molecule has 0 saturated carbocycles. The molecule has 26 heavy (non-hydrogen) atoms. The van der Waals surface area contributed by atoms with Crippen LogP contribution >= 0.6 is 34.4 Å². The van der Waals surface area contributed by atoms with Gasteiger partial charge in [-0.1, -0.05) is 6.07 Å². The molecule has 4 nitrogen and oxygen atoms in total. The number of amides is 1. The van der Waals surface area contributed by atoms with Crippen LogP contribution in [0.2, 0.25) is 0 Å². The summed E-state index contributed by atoms with van der Waals surface area (Å²) in [6.45, 7) is 9.49. The van der Waals surface area contributed by atoms with Gasteiger partial charge in [-0.15, -0.1) is 0 Å². The van der Waals surface area contributed by atoms with Crippen molar-refractivity contribution in [3.63, 3.8) is 0 Å². The largest absolute Gasteiger partial charge is 0.318 e. The van der Waals surface area contributed by atoms with Crippen molar-refractivity contribution in [2.75, 3.05) is 13.1 Å². The van der Waals surface area contributed by atoms with Gasteiger partial charge in [-0.05, 0) is 98.0 Å². The Morgan fingerprint density at radius 2 is 2.00 bits per heavy atom. The molecule has 0 spiro atoms. The van der Waals surface area contributed by atoms with E-state index in [1.54, 1.807) is 4.90 Å². The Morgan fingerprint density at radius 3 is 2.65 bits per heavy atom. The number of rotatable bonds is 4. The van der Waals surface area contributed by atoms with Crippen LogP contribution in [0.5, 0.6) is 0 Å². The third-order valence-corrected chi connectivity index (χ3v) is 6.04. The summed E-state index contributed by atoms with van der Waals surface area (Å²) in [5.74, 6) is 0.0452. The number of aliphatic imine (C=N–C) groups is 1. The summed E-state index contributed by atoms with van der Waals surface area (Å²) >= 11 is 3.80. The van der Waals surface area contributed by atoms with Gasteiger partial charge in [0.05, 0.1) is 4.91 Å². The molecule has 0 radical (unpaired) electrons. The lowest BCUT2D eigenvalue weighted by molar-refractivity contribution is -0.122. The first-order chi connectivity index (χ1) is 12.5. The Bertz CT molecular complexity index is 914. The number of carbonyl (C=O) groups is 1. The van der Waals surface area contributed by atoms with Crippen molar-refractivity contribution in [3.8, 4) is 5.69 Å². The summed E-state index contributed by atoms with van der Waals surface area (Å²) in [4.78, 5) is 19.6. The van der Waals surface area contributed by atoms with Crippen LogP contribution in [0, 0.1) is 17.4 Å². The summed E-state index contributed by atoms with van der Waals surface area (Å²) in [6.07, 6.45) is 2.00. The summed E-state index contributed by atoms with van der Waals surface area (Å²) in [5.41, 5.74) is 4.51. The maximum absolute atomic E-state index is 12.7. The lowest BCUT2D eigenvalue weighted by Crippen LogP contribution is -2.28. The minimum absolute atomic E-state index is 0.0452. The smallest absolute Gasteiger partial charge is 0.266 e. The molecule has 0 aliphatic carbocycles. The maximum Gasteiger partial charge on any atom is 0.266 e. The van der Waals surface area contributed by atoms with E-state index in [1.807, 2.05) is 19.9 Å². The molecule has 3 rings (SSSR count). The lowest BCUT2D eigenvalue weighted by Gasteiger charge is -2.11. The van der Waals surface area contributed by atoms with Crippen molar-refractivity contribution in [1.82, 2.24) is 9.47 Å². The molecule has 2 heterocycles. The van der Waals surface area contributed by atoms with Gasteiger partial charge < -0.3 is 4.57 Å². The first-order valence-electron chi connectivity index (χ1n) is 8.67. The number of aryl methyl sites for hydroxylation is 1. The zero-order valence-corrected chi connectivity index (χ0v) is 18.4. The van der Waals surface area contributed by atoms with Crippen LogP contribution in [0.1, 0.15) is 30.8 Å². The van der Waals surface area contributed by atoms with Crippen molar-refractivity contribution in [3.05, 3.63) is 55.8 Å². The topological polar surface area (TPSA) is 37.6 Å². The van der Waals surface area contributed by atoms with E-state index < -0.39 is 0 Å². The Labute approximate surface area is 172 Å². The Hall–Kier alpha value is -1.54. The minimum Gasteiger partial charge on any atom is -0.318 e. The molecule has 0 unspecified atom stereocenters. The number of hydrogen-bond donors (Lipinski definition) is 0. The molecular formula is C20H22IN3OS. The van der Waals surface area contributed by atoms with E-state index in [2.05, 4.69) is 76.3 Å². The van der Waals surface area contributed by atoms with Crippen molar-refractivity contribution >= 4 is 51.5 Å². The number of benzene rings is 1. The van der Waals surface area contributed by atoms with Gasteiger partial charge in [0, 0.05) is 33.7 Å². The summed E-state index contributed by atoms with van der Waals surface area (Å²) in [5, 5.41) is 0.803. The number of halogens is 1. The van der Waals surface area contributed by atoms with E-state index in [1.165, 1.54) is 15.3 Å². The zero-order chi connectivity index (χ0) is 18.8. The Kier molecular flexibility index (Phi) is 5.92. The van der Waals surface area contributed by atoms with Gasteiger partial charge in [0.15, 0.2) is 5.17 Å². The molecule has 0 bridgehead atoms. The van der Waals surface area contributed by atoms with Crippen molar-refractivity contribution in [1.29, 1.82) is 0 Å². The van der Waals surface area contributed by atoms with Gasteiger partial charge in [0.1, 0.15) is 0 Å². The lowest BCUT2D eigenvalue weighted by atomic mass is 10.2. The van der Waals surface area contributed by atoms with Gasteiger partial charge in [-0.3, -0.25) is 14.7 Å². The average molecular weight is 479 g/mol. The van der Waals surface area contributed by atoms with Gasteiger partial charge in [0.25, 0.3) is 5.91 Å². The van der Waals surface area contributed by atoms with Crippen molar-refractivity contribution in [2.24, 2.45) is 4.99 Å². The third kappa shape index (κ3) is 3.62. The Morgan fingerprint density at radius 1 is 1.23 bits per heavy atom. The van der Waals surface area contributed by atoms with Crippen LogP contribution < -0.4 is 0 Å². The molecule has 6 heteroatoms. The molecule has 0 atom stereocenters. The predicted molar refractivity (Wildman–Crippen MR) is 119 cm³/mol. The second kappa shape index (κ2) is 8.00. The minimum atomic E-state index is 0.0452. The van der Waals surface area contributed by atoms with Crippen molar-refractivity contribution < 1.29 is 4.79 Å². The number of aromatic nitrogens is 1. The molecule has 2 aromatic rings. The number of carbonyl (C=O) groups excluding carboxylic acids is 1.